The Bertz CT molecular complexity index is 467. The van der Waals surface area contributed by atoms with Gasteiger partial charge >= 0.3 is 5.97 Å². The summed E-state index contributed by atoms with van der Waals surface area (Å²) >= 11 is 5.93. The molecule has 110 valence electrons. The molecule has 0 saturated heterocycles. The first-order chi connectivity index (χ1) is 9.52. The highest BCUT2D eigenvalue weighted by atomic mass is 35.5. The third-order valence-electron chi connectivity index (χ3n) is 2.49. The Morgan fingerprint density at radius 2 is 2.05 bits per heavy atom. The van der Waals surface area contributed by atoms with Crippen molar-refractivity contribution in [3.8, 4) is 0 Å². The quantitative estimate of drug-likeness (QED) is 0.757. The minimum absolute atomic E-state index is 0.0408. The smallest absolute Gasteiger partial charge is 0.317 e. The number of anilines is 1. The van der Waals surface area contributed by atoms with Crippen LogP contribution in [0.15, 0.2) is 24.3 Å². The summed E-state index contributed by atoms with van der Waals surface area (Å²) in [7, 11) is 1.52. The van der Waals surface area contributed by atoms with Crippen molar-refractivity contribution in [2.45, 2.75) is 0 Å². The Morgan fingerprint density at radius 1 is 1.35 bits per heavy atom. The number of para-hydroxylation sites is 1. The first-order valence-electron chi connectivity index (χ1n) is 6.00. The summed E-state index contributed by atoms with van der Waals surface area (Å²) in [5.74, 6) is -1.32. The van der Waals surface area contributed by atoms with Crippen molar-refractivity contribution in [2.75, 3.05) is 38.7 Å². The van der Waals surface area contributed by atoms with Crippen LogP contribution in [0.2, 0.25) is 5.02 Å². The molecule has 0 spiro atoms. The molecule has 0 aliphatic rings. The Kier molecular flexibility index (Phi) is 7.00. The fraction of sp³-hybridized carbons (Fsp3) is 0.385. The molecule has 0 aromatic heterocycles. The highest BCUT2D eigenvalue weighted by Crippen LogP contribution is 2.20. The van der Waals surface area contributed by atoms with Gasteiger partial charge in [-0.1, -0.05) is 23.7 Å². The molecule has 1 aromatic carbocycles. The minimum Gasteiger partial charge on any atom is -0.480 e. The molecule has 1 amide bonds. The number of amides is 1. The van der Waals surface area contributed by atoms with Gasteiger partial charge in [0.15, 0.2) is 0 Å². The summed E-state index contributed by atoms with van der Waals surface area (Å²) in [6.07, 6.45) is 0. The number of hydrogen-bond donors (Lipinski definition) is 2. The minimum atomic E-state index is -0.994. The van der Waals surface area contributed by atoms with Crippen LogP contribution in [0.3, 0.4) is 0 Å². The number of carboxylic acid groups (broad SMARTS) is 1. The number of methoxy groups -OCH3 is 1. The first kappa shape index (κ1) is 16.4. The fourth-order valence-corrected chi connectivity index (χ4v) is 1.76. The molecule has 0 heterocycles. The number of rotatable bonds is 8. The predicted octanol–water partition coefficient (Wildman–Crippen LogP) is 1.31. The normalized spacial score (nSPS) is 10.6. The average Bonchev–Trinajstić information content (AvgIpc) is 2.38. The van der Waals surface area contributed by atoms with Gasteiger partial charge in [0.05, 0.1) is 30.4 Å². The van der Waals surface area contributed by atoms with Gasteiger partial charge in [0.25, 0.3) is 0 Å². The van der Waals surface area contributed by atoms with E-state index < -0.39 is 5.97 Å². The van der Waals surface area contributed by atoms with Gasteiger partial charge in [0.1, 0.15) is 0 Å². The van der Waals surface area contributed by atoms with E-state index in [2.05, 4.69) is 5.32 Å². The topological polar surface area (TPSA) is 78.9 Å². The van der Waals surface area contributed by atoms with Crippen LogP contribution in [0, 0.1) is 0 Å². The maximum atomic E-state index is 11.9. The van der Waals surface area contributed by atoms with Crippen LogP contribution in [0.25, 0.3) is 0 Å². The molecule has 0 bridgehead atoms. The van der Waals surface area contributed by atoms with Crippen molar-refractivity contribution in [3.63, 3.8) is 0 Å². The summed E-state index contributed by atoms with van der Waals surface area (Å²) in [5, 5.41) is 11.9. The lowest BCUT2D eigenvalue weighted by molar-refractivity contribution is -0.138. The van der Waals surface area contributed by atoms with E-state index in [9.17, 15) is 9.59 Å². The number of nitrogens with zero attached hydrogens (tertiary/aromatic N) is 1. The summed E-state index contributed by atoms with van der Waals surface area (Å²) in [5.41, 5.74) is 0.501. The summed E-state index contributed by atoms with van der Waals surface area (Å²) in [6, 6.07) is 6.85. The zero-order valence-electron chi connectivity index (χ0n) is 11.1. The largest absolute Gasteiger partial charge is 0.480 e. The number of nitrogens with one attached hydrogen (secondary N) is 1. The molecular formula is C13H17ClN2O4. The highest BCUT2D eigenvalue weighted by molar-refractivity contribution is 6.33. The maximum Gasteiger partial charge on any atom is 0.317 e. The van der Waals surface area contributed by atoms with Crippen LogP contribution in [0.5, 0.6) is 0 Å². The number of halogens is 1. The molecule has 0 atom stereocenters. The van der Waals surface area contributed by atoms with Gasteiger partial charge in [-0.3, -0.25) is 14.5 Å². The fourth-order valence-electron chi connectivity index (χ4n) is 1.58. The number of hydrogen-bond acceptors (Lipinski definition) is 4. The van der Waals surface area contributed by atoms with Gasteiger partial charge in [-0.05, 0) is 12.1 Å². The van der Waals surface area contributed by atoms with Gasteiger partial charge in [-0.25, -0.2) is 0 Å². The molecule has 7 heteroatoms. The van der Waals surface area contributed by atoms with Crippen molar-refractivity contribution in [2.24, 2.45) is 0 Å². The van der Waals surface area contributed by atoms with Crippen LogP contribution in [0.4, 0.5) is 5.69 Å². The molecule has 2 N–H and O–H groups in total. The lowest BCUT2D eigenvalue weighted by Crippen LogP contribution is -2.38. The second kappa shape index (κ2) is 8.52. The zero-order chi connectivity index (χ0) is 15.0. The van der Waals surface area contributed by atoms with Gasteiger partial charge < -0.3 is 15.2 Å². The van der Waals surface area contributed by atoms with Crippen LogP contribution in [-0.2, 0) is 14.3 Å². The Morgan fingerprint density at radius 3 is 2.65 bits per heavy atom. The highest BCUT2D eigenvalue weighted by Gasteiger charge is 2.14. The Balaban J connectivity index is 2.56. The van der Waals surface area contributed by atoms with Gasteiger partial charge in [0, 0.05) is 13.7 Å². The third-order valence-corrected chi connectivity index (χ3v) is 2.82. The third kappa shape index (κ3) is 6.01. The van der Waals surface area contributed by atoms with Crippen LogP contribution in [-0.4, -0.2) is 55.2 Å². The van der Waals surface area contributed by atoms with Crippen molar-refractivity contribution in [1.82, 2.24) is 4.90 Å². The number of carbonyl (C=O) groups excluding carboxylic acids is 1. The number of benzene rings is 1. The Hall–Kier alpha value is -1.63. The molecule has 20 heavy (non-hydrogen) atoms. The number of aliphatic carboxylic acids is 1. The van der Waals surface area contributed by atoms with Crippen molar-refractivity contribution in [1.29, 1.82) is 0 Å². The number of carbonyl (C=O) groups is 2. The van der Waals surface area contributed by atoms with Crippen molar-refractivity contribution >= 4 is 29.2 Å². The lowest BCUT2D eigenvalue weighted by atomic mass is 10.3. The Labute approximate surface area is 122 Å². The van der Waals surface area contributed by atoms with E-state index in [-0.39, 0.29) is 19.0 Å². The lowest BCUT2D eigenvalue weighted by Gasteiger charge is -2.19. The van der Waals surface area contributed by atoms with Gasteiger partial charge in [-0.2, -0.15) is 0 Å². The molecule has 0 aliphatic heterocycles. The van der Waals surface area contributed by atoms with E-state index in [4.69, 9.17) is 21.4 Å². The van der Waals surface area contributed by atoms with E-state index in [0.717, 1.165) is 0 Å². The van der Waals surface area contributed by atoms with Gasteiger partial charge in [-0.15, -0.1) is 0 Å². The zero-order valence-corrected chi connectivity index (χ0v) is 11.9. The van der Waals surface area contributed by atoms with Crippen molar-refractivity contribution < 1.29 is 19.4 Å². The standard InChI is InChI=1S/C13H17ClN2O4/c1-20-7-6-16(9-13(18)19)8-12(17)15-11-5-3-2-4-10(11)14/h2-5H,6-9H2,1H3,(H,15,17)(H,18,19). The summed E-state index contributed by atoms with van der Waals surface area (Å²) < 4.78 is 4.89. The SMILES string of the molecule is COCCN(CC(=O)O)CC(=O)Nc1ccccc1Cl. The number of carboxylic acids is 1. The molecule has 0 fully saturated rings. The van der Waals surface area contributed by atoms with E-state index in [1.807, 2.05) is 0 Å². The molecule has 1 aromatic rings. The summed E-state index contributed by atoms with van der Waals surface area (Å²) in [4.78, 5) is 24.1. The van der Waals surface area contributed by atoms with Gasteiger partial charge in [0.2, 0.25) is 5.91 Å². The van der Waals surface area contributed by atoms with E-state index >= 15 is 0 Å². The molecule has 0 unspecified atom stereocenters. The summed E-state index contributed by atoms with van der Waals surface area (Å²) in [6.45, 7) is 0.450. The maximum absolute atomic E-state index is 11.9. The molecule has 6 nitrogen and oxygen atoms in total. The molecular weight excluding hydrogens is 284 g/mol. The first-order valence-corrected chi connectivity index (χ1v) is 6.38. The molecule has 0 aliphatic carbocycles. The molecule has 0 radical (unpaired) electrons. The van der Waals surface area contributed by atoms with E-state index in [1.165, 1.54) is 12.0 Å². The van der Waals surface area contributed by atoms with Crippen molar-refractivity contribution in [3.05, 3.63) is 29.3 Å². The average molecular weight is 301 g/mol. The molecule has 0 saturated carbocycles. The number of ether oxygens (including phenoxy) is 1. The second-order valence-electron chi connectivity index (χ2n) is 4.13. The van der Waals surface area contributed by atoms with Crippen LogP contribution in [0.1, 0.15) is 0 Å². The van der Waals surface area contributed by atoms with Crippen LogP contribution >= 0.6 is 11.6 Å². The van der Waals surface area contributed by atoms with E-state index in [1.54, 1.807) is 24.3 Å². The second-order valence-corrected chi connectivity index (χ2v) is 4.53. The molecule has 1 rings (SSSR count). The van der Waals surface area contributed by atoms with E-state index in [0.29, 0.717) is 23.9 Å². The van der Waals surface area contributed by atoms with Crippen LogP contribution < -0.4 is 5.32 Å². The predicted molar refractivity (Wildman–Crippen MR) is 76.0 cm³/mol. The monoisotopic (exact) mass is 300 g/mol.